The first kappa shape index (κ1) is 15.5. The van der Waals surface area contributed by atoms with Crippen molar-refractivity contribution in [2.75, 3.05) is 5.75 Å². The minimum absolute atomic E-state index is 0.300. The minimum atomic E-state index is -0.881. The number of benzene rings is 2. The predicted octanol–water partition coefficient (Wildman–Crippen LogP) is 4.42. The molecule has 0 fully saturated rings. The van der Waals surface area contributed by atoms with Crippen LogP contribution in [0.3, 0.4) is 0 Å². The smallest absolute Gasteiger partial charge is 0.159 e. The second-order valence-electron chi connectivity index (χ2n) is 4.35. The zero-order valence-corrected chi connectivity index (χ0v) is 12.9. The van der Waals surface area contributed by atoms with Crippen LogP contribution in [0.5, 0.6) is 0 Å². The summed E-state index contributed by atoms with van der Waals surface area (Å²) in [6, 6.07) is 11.4. The average molecular weight is 359 g/mol. The molecule has 1 nitrogen and oxygen atoms in total. The largest absolute Gasteiger partial charge is 0.392 e. The quantitative estimate of drug-likeness (QED) is 0.798. The van der Waals surface area contributed by atoms with Crippen LogP contribution in [-0.4, -0.2) is 17.0 Å². The predicted molar refractivity (Wildman–Crippen MR) is 80.9 cm³/mol. The maximum Gasteiger partial charge on any atom is 0.159 e. The summed E-state index contributed by atoms with van der Waals surface area (Å²) < 4.78 is 26.8. The summed E-state index contributed by atoms with van der Waals surface area (Å²) in [4.78, 5) is 1.04. The lowest BCUT2D eigenvalue weighted by molar-refractivity contribution is 0.200. The maximum absolute atomic E-state index is 13.1. The highest BCUT2D eigenvalue weighted by Gasteiger charge is 2.10. The van der Waals surface area contributed by atoms with Gasteiger partial charge in [0.05, 0.1) is 6.10 Å². The summed E-state index contributed by atoms with van der Waals surface area (Å²) in [7, 11) is 0. The van der Waals surface area contributed by atoms with Crippen molar-refractivity contribution >= 4 is 27.7 Å². The second-order valence-corrected chi connectivity index (χ2v) is 6.26. The van der Waals surface area contributed by atoms with E-state index >= 15 is 0 Å². The van der Waals surface area contributed by atoms with Gasteiger partial charge in [0.2, 0.25) is 0 Å². The third kappa shape index (κ3) is 4.30. The highest BCUT2D eigenvalue weighted by Crippen LogP contribution is 2.27. The van der Waals surface area contributed by atoms with Gasteiger partial charge >= 0.3 is 0 Å². The molecule has 0 spiro atoms. The van der Waals surface area contributed by atoms with Gasteiger partial charge in [-0.1, -0.05) is 18.2 Å². The molecule has 1 atom stereocenters. The molecule has 0 heterocycles. The van der Waals surface area contributed by atoms with Crippen LogP contribution in [0.1, 0.15) is 5.56 Å². The first-order valence-corrected chi connectivity index (χ1v) is 7.83. The van der Waals surface area contributed by atoms with Gasteiger partial charge in [0.25, 0.3) is 0 Å². The molecule has 2 aromatic carbocycles. The van der Waals surface area contributed by atoms with E-state index in [1.165, 1.54) is 17.8 Å². The van der Waals surface area contributed by atoms with E-state index in [1.54, 1.807) is 0 Å². The van der Waals surface area contributed by atoms with Crippen LogP contribution in [0.2, 0.25) is 0 Å². The van der Waals surface area contributed by atoms with Crippen molar-refractivity contribution < 1.29 is 13.9 Å². The normalized spacial score (nSPS) is 12.4. The highest BCUT2D eigenvalue weighted by molar-refractivity contribution is 9.10. The molecule has 106 valence electrons. The lowest BCUT2D eigenvalue weighted by Gasteiger charge is -2.11. The van der Waals surface area contributed by atoms with Gasteiger partial charge in [-0.2, -0.15) is 0 Å². The molecule has 20 heavy (non-hydrogen) atoms. The van der Waals surface area contributed by atoms with Crippen LogP contribution in [0.25, 0.3) is 0 Å². The Labute approximate surface area is 129 Å². The molecule has 0 amide bonds. The molecule has 1 unspecified atom stereocenters. The number of halogens is 3. The van der Waals surface area contributed by atoms with Crippen LogP contribution >= 0.6 is 27.7 Å². The van der Waals surface area contributed by atoms with Crippen molar-refractivity contribution in [1.82, 2.24) is 0 Å². The van der Waals surface area contributed by atoms with E-state index in [0.29, 0.717) is 17.7 Å². The minimum Gasteiger partial charge on any atom is -0.392 e. The van der Waals surface area contributed by atoms with Crippen LogP contribution in [0.15, 0.2) is 51.8 Å². The molecule has 0 bridgehead atoms. The van der Waals surface area contributed by atoms with Crippen molar-refractivity contribution in [3.63, 3.8) is 0 Å². The molecule has 5 heteroatoms. The van der Waals surface area contributed by atoms with Crippen molar-refractivity contribution in [2.45, 2.75) is 17.4 Å². The standard InChI is InChI=1S/C15H13BrF2OS/c16-12-3-1-2-4-15(12)20-9-11(19)7-10-5-6-13(17)14(18)8-10/h1-6,8,11,19H,7,9H2. The number of aliphatic hydroxyl groups excluding tert-OH is 1. The van der Waals surface area contributed by atoms with Crippen LogP contribution in [-0.2, 0) is 6.42 Å². The molecule has 0 saturated heterocycles. The lowest BCUT2D eigenvalue weighted by atomic mass is 10.1. The van der Waals surface area contributed by atoms with Crippen molar-refractivity contribution in [3.05, 3.63) is 64.1 Å². The van der Waals surface area contributed by atoms with Gasteiger partial charge in [-0.25, -0.2) is 8.78 Å². The van der Waals surface area contributed by atoms with Crippen LogP contribution in [0, 0.1) is 11.6 Å². The van der Waals surface area contributed by atoms with Gasteiger partial charge in [-0.05, 0) is 52.2 Å². The Morgan fingerprint density at radius 1 is 1.10 bits per heavy atom. The first-order chi connectivity index (χ1) is 9.56. The SMILES string of the molecule is OC(CSc1ccccc1Br)Cc1ccc(F)c(F)c1. The Kier molecular flexibility index (Phi) is 5.57. The molecule has 2 rings (SSSR count). The fourth-order valence-corrected chi connectivity index (χ4v) is 3.24. The van der Waals surface area contributed by atoms with Crippen LogP contribution in [0.4, 0.5) is 8.78 Å². The van der Waals surface area contributed by atoms with Gasteiger partial charge in [-0.3, -0.25) is 0 Å². The van der Waals surface area contributed by atoms with Crippen molar-refractivity contribution in [3.8, 4) is 0 Å². The molecule has 0 radical (unpaired) electrons. The van der Waals surface area contributed by atoms with E-state index < -0.39 is 17.7 Å². The summed E-state index contributed by atoms with van der Waals surface area (Å²) in [6.45, 7) is 0. The zero-order valence-electron chi connectivity index (χ0n) is 10.5. The molecule has 0 saturated carbocycles. The Morgan fingerprint density at radius 2 is 1.85 bits per heavy atom. The topological polar surface area (TPSA) is 20.2 Å². The Balaban J connectivity index is 1.91. The lowest BCUT2D eigenvalue weighted by Crippen LogP contribution is -2.13. The molecule has 0 aliphatic heterocycles. The van der Waals surface area contributed by atoms with Gasteiger partial charge in [0.15, 0.2) is 11.6 Å². The number of aliphatic hydroxyl groups is 1. The fraction of sp³-hybridized carbons (Fsp3) is 0.200. The van der Waals surface area contributed by atoms with Gasteiger partial charge in [-0.15, -0.1) is 11.8 Å². The molecule has 0 aliphatic rings. The number of hydrogen-bond acceptors (Lipinski definition) is 2. The second kappa shape index (κ2) is 7.20. The summed E-state index contributed by atoms with van der Waals surface area (Å²) >= 11 is 4.95. The van der Waals surface area contributed by atoms with Crippen LogP contribution < -0.4 is 0 Å². The number of thioether (sulfide) groups is 1. The van der Waals surface area contributed by atoms with E-state index in [2.05, 4.69) is 15.9 Å². The summed E-state index contributed by atoms with van der Waals surface area (Å²) in [5.74, 6) is -1.26. The molecular formula is C15H13BrF2OS. The third-order valence-corrected chi connectivity index (χ3v) is 4.90. The van der Waals surface area contributed by atoms with E-state index in [4.69, 9.17) is 0 Å². The number of rotatable bonds is 5. The Morgan fingerprint density at radius 3 is 2.55 bits per heavy atom. The zero-order chi connectivity index (χ0) is 14.5. The maximum atomic E-state index is 13.1. The van der Waals surface area contributed by atoms with E-state index in [-0.39, 0.29) is 0 Å². The Bertz CT molecular complexity index is 592. The molecule has 2 aromatic rings. The molecule has 0 aliphatic carbocycles. The van der Waals surface area contributed by atoms with E-state index in [0.717, 1.165) is 21.5 Å². The average Bonchev–Trinajstić information content (AvgIpc) is 2.42. The van der Waals surface area contributed by atoms with Crippen molar-refractivity contribution in [1.29, 1.82) is 0 Å². The number of hydrogen-bond donors (Lipinski definition) is 1. The van der Waals surface area contributed by atoms with Gasteiger partial charge in [0, 0.05) is 15.1 Å². The summed E-state index contributed by atoms with van der Waals surface area (Å²) in [5, 5.41) is 9.96. The molecule has 1 N–H and O–H groups in total. The first-order valence-electron chi connectivity index (χ1n) is 6.05. The summed E-state index contributed by atoms with van der Waals surface area (Å²) in [6.07, 6.45) is -0.314. The third-order valence-electron chi connectivity index (χ3n) is 2.72. The van der Waals surface area contributed by atoms with Crippen molar-refractivity contribution in [2.24, 2.45) is 0 Å². The van der Waals surface area contributed by atoms with E-state index in [1.807, 2.05) is 24.3 Å². The van der Waals surface area contributed by atoms with E-state index in [9.17, 15) is 13.9 Å². The summed E-state index contributed by atoms with van der Waals surface area (Å²) in [5.41, 5.74) is 0.587. The van der Waals surface area contributed by atoms with Gasteiger partial charge < -0.3 is 5.11 Å². The molecule has 0 aromatic heterocycles. The molecular weight excluding hydrogens is 346 g/mol. The Hall–Kier alpha value is -0.910. The van der Waals surface area contributed by atoms with Gasteiger partial charge in [0.1, 0.15) is 0 Å². The fourth-order valence-electron chi connectivity index (χ4n) is 1.75. The highest BCUT2D eigenvalue weighted by atomic mass is 79.9. The monoisotopic (exact) mass is 358 g/mol.